The van der Waals surface area contributed by atoms with Gasteiger partial charge in [-0.3, -0.25) is 4.98 Å². The first kappa shape index (κ1) is 11.4. The Balaban J connectivity index is 1.77. The van der Waals surface area contributed by atoms with Gasteiger partial charge in [-0.25, -0.2) is 0 Å². The standard InChI is InChI=1S/C13H20N2O/c1-2-13(6-3-7-13)10-14-8-11-4-5-12(16)9-15-11/h4-5,9,14,16H,2-3,6-8,10H2,1H3. The molecule has 0 spiro atoms. The van der Waals surface area contributed by atoms with Gasteiger partial charge in [-0.1, -0.05) is 13.3 Å². The van der Waals surface area contributed by atoms with Gasteiger partial charge in [-0.15, -0.1) is 0 Å². The van der Waals surface area contributed by atoms with Crippen LogP contribution in [0, 0.1) is 5.41 Å². The lowest BCUT2D eigenvalue weighted by Crippen LogP contribution is -2.39. The van der Waals surface area contributed by atoms with E-state index in [4.69, 9.17) is 5.11 Å². The SMILES string of the molecule is CCC1(CNCc2ccc(O)cn2)CCC1. The summed E-state index contributed by atoms with van der Waals surface area (Å²) in [6, 6.07) is 3.55. The number of pyridine rings is 1. The second-order valence-corrected chi connectivity index (χ2v) is 4.82. The van der Waals surface area contributed by atoms with Gasteiger partial charge in [0.05, 0.1) is 11.9 Å². The first-order valence-electron chi connectivity index (χ1n) is 6.09. The van der Waals surface area contributed by atoms with Crippen LogP contribution in [0.1, 0.15) is 38.3 Å². The first-order chi connectivity index (χ1) is 7.74. The highest BCUT2D eigenvalue weighted by Gasteiger charge is 2.34. The summed E-state index contributed by atoms with van der Waals surface area (Å²) in [4.78, 5) is 4.16. The van der Waals surface area contributed by atoms with Gasteiger partial charge < -0.3 is 10.4 Å². The molecule has 1 fully saturated rings. The summed E-state index contributed by atoms with van der Waals surface area (Å²) < 4.78 is 0. The van der Waals surface area contributed by atoms with E-state index in [2.05, 4.69) is 17.2 Å². The maximum atomic E-state index is 9.11. The highest BCUT2D eigenvalue weighted by molar-refractivity contribution is 5.17. The zero-order valence-electron chi connectivity index (χ0n) is 9.87. The number of hydrogen-bond acceptors (Lipinski definition) is 3. The number of rotatable bonds is 5. The van der Waals surface area contributed by atoms with Crippen LogP contribution in [0.25, 0.3) is 0 Å². The molecule has 0 saturated heterocycles. The Morgan fingerprint density at radius 2 is 2.25 bits per heavy atom. The van der Waals surface area contributed by atoms with E-state index in [0.29, 0.717) is 5.41 Å². The third kappa shape index (κ3) is 2.53. The molecule has 3 nitrogen and oxygen atoms in total. The van der Waals surface area contributed by atoms with Crippen molar-refractivity contribution in [3.63, 3.8) is 0 Å². The molecule has 3 heteroatoms. The summed E-state index contributed by atoms with van der Waals surface area (Å²) in [6.07, 6.45) is 6.87. The summed E-state index contributed by atoms with van der Waals surface area (Å²) in [5.41, 5.74) is 1.54. The Labute approximate surface area is 96.9 Å². The number of nitrogens with zero attached hydrogens (tertiary/aromatic N) is 1. The van der Waals surface area contributed by atoms with E-state index < -0.39 is 0 Å². The lowest BCUT2D eigenvalue weighted by Gasteiger charge is -2.41. The van der Waals surface area contributed by atoms with Crippen molar-refractivity contribution >= 4 is 0 Å². The van der Waals surface area contributed by atoms with Crippen LogP contribution < -0.4 is 5.32 Å². The fourth-order valence-electron chi connectivity index (χ4n) is 2.31. The number of nitrogens with one attached hydrogen (secondary N) is 1. The average molecular weight is 220 g/mol. The van der Waals surface area contributed by atoms with Crippen LogP contribution >= 0.6 is 0 Å². The maximum absolute atomic E-state index is 9.11. The Morgan fingerprint density at radius 1 is 1.44 bits per heavy atom. The number of aromatic nitrogens is 1. The van der Waals surface area contributed by atoms with E-state index in [1.807, 2.05) is 6.07 Å². The van der Waals surface area contributed by atoms with Gasteiger partial charge in [0.15, 0.2) is 0 Å². The predicted octanol–water partition coefficient (Wildman–Crippen LogP) is 2.46. The van der Waals surface area contributed by atoms with Crippen molar-refractivity contribution in [3.8, 4) is 5.75 Å². The Bertz CT molecular complexity index is 325. The van der Waals surface area contributed by atoms with Crippen molar-refractivity contribution in [2.75, 3.05) is 6.54 Å². The molecule has 1 heterocycles. The summed E-state index contributed by atoms with van der Waals surface area (Å²) in [5.74, 6) is 0.229. The van der Waals surface area contributed by atoms with Gasteiger partial charge in [0.2, 0.25) is 0 Å². The third-order valence-electron chi connectivity index (χ3n) is 3.78. The van der Waals surface area contributed by atoms with Crippen molar-refractivity contribution < 1.29 is 5.11 Å². The molecule has 0 aromatic carbocycles. The van der Waals surface area contributed by atoms with Gasteiger partial charge in [-0.05, 0) is 36.8 Å². The van der Waals surface area contributed by atoms with Crippen LogP contribution in [0.15, 0.2) is 18.3 Å². The van der Waals surface area contributed by atoms with E-state index in [9.17, 15) is 0 Å². The van der Waals surface area contributed by atoms with Crippen LogP contribution in [0.5, 0.6) is 5.75 Å². The van der Waals surface area contributed by atoms with Gasteiger partial charge in [0.1, 0.15) is 5.75 Å². The molecule has 1 saturated carbocycles. The highest BCUT2D eigenvalue weighted by Crippen LogP contribution is 2.43. The molecule has 0 bridgehead atoms. The van der Waals surface area contributed by atoms with Gasteiger partial charge in [-0.2, -0.15) is 0 Å². The smallest absolute Gasteiger partial charge is 0.133 e. The number of hydrogen-bond donors (Lipinski definition) is 2. The lowest BCUT2D eigenvalue weighted by atomic mass is 9.67. The Hall–Kier alpha value is -1.09. The first-order valence-corrected chi connectivity index (χ1v) is 6.09. The zero-order chi connectivity index (χ0) is 11.4. The summed E-state index contributed by atoms with van der Waals surface area (Å²) in [7, 11) is 0. The van der Waals surface area contributed by atoms with Gasteiger partial charge in [0, 0.05) is 13.1 Å². The molecule has 16 heavy (non-hydrogen) atoms. The fraction of sp³-hybridized carbons (Fsp3) is 0.615. The molecule has 88 valence electrons. The highest BCUT2D eigenvalue weighted by atomic mass is 16.3. The molecule has 2 rings (SSSR count). The van der Waals surface area contributed by atoms with Crippen molar-refractivity contribution in [1.82, 2.24) is 10.3 Å². The molecule has 0 atom stereocenters. The Kier molecular flexibility index (Phi) is 3.44. The molecule has 1 aliphatic carbocycles. The largest absolute Gasteiger partial charge is 0.506 e. The van der Waals surface area contributed by atoms with E-state index in [1.54, 1.807) is 6.07 Å². The van der Waals surface area contributed by atoms with Crippen molar-refractivity contribution in [3.05, 3.63) is 24.0 Å². The second-order valence-electron chi connectivity index (χ2n) is 4.82. The summed E-state index contributed by atoms with van der Waals surface area (Å²) in [5, 5.41) is 12.6. The molecule has 0 unspecified atom stereocenters. The second kappa shape index (κ2) is 4.83. The molecular weight excluding hydrogens is 200 g/mol. The summed E-state index contributed by atoms with van der Waals surface area (Å²) in [6.45, 7) is 4.16. The van der Waals surface area contributed by atoms with E-state index in [0.717, 1.165) is 18.8 Å². The van der Waals surface area contributed by atoms with Crippen LogP contribution in [-0.2, 0) is 6.54 Å². The molecule has 0 aliphatic heterocycles. The molecule has 2 N–H and O–H groups in total. The van der Waals surface area contributed by atoms with Crippen LogP contribution in [0.3, 0.4) is 0 Å². The van der Waals surface area contributed by atoms with Gasteiger partial charge in [0.25, 0.3) is 0 Å². The maximum Gasteiger partial charge on any atom is 0.133 e. The van der Waals surface area contributed by atoms with Crippen LogP contribution in [0.2, 0.25) is 0 Å². The van der Waals surface area contributed by atoms with Gasteiger partial charge >= 0.3 is 0 Å². The van der Waals surface area contributed by atoms with Crippen LogP contribution in [-0.4, -0.2) is 16.6 Å². The molecule has 0 amide bonds. The topological polar surface area (TPSA) is 45.1 Å². The van der Waals surface area contributed by atoms with E-state index >= 15 is 0 Å². The average Bonchev–Trinajstić information content (AvgIpc) is 2.25. The number of aromatic hydroxyl groups is 1. The quantitative estimate of drug-likeness (QED) is 0.801. The van der Waals surface area contributed by atoms with E-state index in [1.165, 1.54) is 31.9 Å². The molecule has 1 aromatic heterocycles. The van der Waals surface area contributed by atoms with Crippen molar-refractivity contribution in [2.24, 2.45) is 5.41 Å². The predicted molar refractivity (Wildman–Crippen MR) is 64.2 cm³/mol. The van der Waals surface area contributed by atoms with Crippen molar-refractivity contribution in [2.45, 2.75) is 39.2 Å². The minimum Gasteiger partial charge on any atom is -0.506 e. The lowest BCUT2D eigenvalue weighted by molar-refractivity contribution is 0.123. The van der Waals surface area contributed by atoms with Crippen LogP contribution in [0.4, 0.5) is 0 Å². The Morgan fingerprint density at radius 3 is 2.75 bits per heavy atom. The van der Waals surface area contributed by atoms with E-state index in [-0.39, 0.29) is 5.75 Å². The molecular formula is C13H20N2O. The molecule has 1 aliphatic rings. The minimum atomic E-state index is 0.229. The minimum absolute atomic E-state index is 0.229. The monoisotopic (exact) mass is 220 g/mol. The normalized spacial score (nSPS) is 18.1. The molecule has 0 radical (unpaired) electrons. The van der Waals surface area contributed by atoms with Crippen molar-refractivity contribution in [1.29, 1.82) is 0 Å². The third-order valence-corrected chi connectivity index (χ3v) is 3.78. The molecule has 1 aromatic rings. The fourth-order valence-corrected chi connectivity index (χ4v) is 2.31. The zero-order valence-corrected chi connectivity index (χ0v) is 9.87. The summed E-state index contributed by atoms with van der Waals surface area (Å²) >= 11 is 0.